The van der Waals surface area contributed by atoms with E-state index >= 15 is 0 Å². The van der Waals surface area contributed by atoms with Crippen LogP contribution in [0.25, 0.3) is 11.5 Å². The molecule has 4 rings (SSSR count). The molecule has 0 aromatic carbocycles. The first-order valence-corrected chi connectivity index (χ1v) is 10.9. The summed E-state index contributed by atoms with van der Waals surface area (Å²) in [6.45, 7) is 1.65. The standard InChI is InChI=1S/C22H20F5N9/c1-12(2-3-16(23)24)31-19-34-17(14-5-9-30-18(33-14)22(25,26)27)35-20(36-19)32-13-4-8-29-15(10-13)21(11-28)6-7-21/h4-5,8-10,12,16H,2-3,6-7H2,1H3,(H2,29,31,32,34,35,36). The summed E-state index contributed by atoms with van der Waals surface area (Å²) in [5.41, 5.74) is 0.231. The van der Waals surface area contributed by atoms with E-state index in [0.29, 0.717) is 24.2 Å². The van der Waals surface area contributed by atoms with Crippen LogP contribution in [-0.2, 0) is 11.6 Å². The summed E-state index contributed by atoms with van der Waals surface area (Å²) >= 11 is 0. The van der Waals surface area contributed by atoms with Crippen LogP contribution in [0.2, 0.25) is 0 Å². The zero-order chi connectivity index (χ0) is 25.9. The van der Waals surface area contributed by atoms with Crippen molar-refractivity contribution in [3.8, 4) is 17.6 Å². The summed E-state index contributed by atoms with van der Waals surface area (Å²) in [5, 5.41) is 15.3. The summed E-state index contributed by atoms with van der Waals surface area (Å²) < 4.78 is 64.6. The maximum Gasteiger partial charge on any atom is 0.451 e. The molecule has 1 saturated carbocycles. The Bertz CT molecular complexity index is 1270. The Morgan fingerprint density at radius 3 is 2.42 bits per heavy atom. The van der Waals surface area contributed by atoms with E-state index in [9.17, 15) is 27.2 Å². The number of nitrogens with one attached hydrogen (secondary N) is 2. The molecule has 0 amide bonds. The van der Waals surface area contributed by atoms with Crippen LogP contribution in [-0.4, -0.2) is 42.4 Å². The average molecular weight is 505 g/mol. The van der Waals surface area contributed by atoms with Gasteiger partial charge in [-0.25, -0.2) is 18.7 Å². The molecule has 36 heavy (non-hydrogen) atoms. The van der Waals surface area contributed by atoms with Crippen molar-refractivity contribution in [1.82, 2.24) is 29.9 Å². The van der Waals surface area contributed by atoms with Gasteiger partial charge in [0.25, 0.3) is 0 Å². The van der Waals surface area contributed by atoms with E-state index in [1.807, 2.05) is 0 Å². The van der Waals surface area contributed by atoms with E-state index in [4.69, 9.17) is 0 Å². The number of halogens is 5. The molecule has 1 aliphatic rings. The van der Waals surface area contributed by atoms with Gasteiger partial charge in [0.15, 0.2) is 5.82 Å². The molecule has 0 aliphatic heterocycles. The maximum atomic E-state index is 13.1. The summed E-state index contributed by atoms with van der Waals surface area (Å²) in [4.78, 5) is 23.6. The van der Waals surface area contributed by atoms with Gasteiger partial charge in [-0.15, -0.1) is 0 Å². The molecule has 1 aliphatic carbocycles. The lowest BCUT2D eigenvalue weighted by atomic mass is 10.0. The number of pyridine rings is 1. The van der Waals surface area contributed by atoms with Crippen molar-refractivity contribution in [2.24, 2.45) is 0 Å². The van der Waals surface area contributed by atoms with E-state index in [1.54, 1.807) is 19.1 Å². The number of nitrogens with zero attached hydrogens (tertiary/aromatic N) is 7. The minimum absolute atomic E-state index is 0.0327. The van der Waals surface area contributed by atoms with Crippen LogP contribution in [0.5, 0.6) is 0 Å². The first-order chi connectivity index (χ1) is 17.1. The molecule has 1 atom stereocenters. The highest BCUT2D eigenvalue weighted by Gasteiger charge is 2.46. The largest absolute Gasteiger partial charge is 0.451 e. The topological polar surface area (TPSA) is 125 Å². The van der Waals surface area contributed by atoms with Crippen LogP contribution >= 0.6 is 0 Å². The van der Waals surface area contributed by atoms with Gasteiger partial charge in [-0.05, 0) is 44.4 Å². The molecule has 2 N–H and O–H groups in total. The first-order valence-electron chi connectivity index (χ1n) is 10.9. The number of aromatic nitrogens is 6. The molecule has 1 fully saturated rings. The predicted molar refractivity (Wildman–Crippen MR) is 118 cm³/mol. The zero-order valence-electron chi connectivity index (χ0n) is 18.9. The molecule has 3 heterocycles. The molecule has 188 valence electrons. The highest BCUT2D eigenvalue weighted by Crippen LogP contribution is 2.47. The third-order valence-corrected chi connectivity index (χ3v) is 5.44. The second-order valence-corrected chi connectivity index (χ2v) is 8.33. The van der Waals surface area contributed by atoms with Gasteiger partial charge in [-0.3, -0.25) is 4.98 Å². The monoisotopic (exact) mass is 505 g/mol. The van der Waals surface area contributed by atoms with Gasteiger partial charge in [0, 0.05) is 30.5 Å². The van der Waals surface area contributed by atoms with Crippen LogP contribution in [0.15, 0.2) is 30.6 Å². The van der Waals surface area contributed by atoms with Gasteiger partial charge in [0.2, 0.25) is 24.1 Å². The fourth-order valence-electron chi connectivity index (χ4n) is 3.35. The number of nitriles is 1. The average Bonchev–Trinajstić information content (AvgIpc) is 3.64. The molecule has 1 unspecified atom stereocenters. The lowest BCUT2D eigenvalue weighted by Gasteiger charge is -2.15. The van der Waals surface area contributed by atoms with E-state index < -0.39 is 29.9 Å². The Morgan fingerprint density at radius 2 is 1.75 bits per heavy atom. The van der Waals surface area contributed by atoms with Crippen molar-refractivity contribution in [2.75, 3.05) is 10.6 Å². The number of hydrogen-bond acceptors (Lipinski definition) is 9. The molecular formula is C22H20F5N9. The number of alkyl halides is 5. The molecule has 0 bridgehead atoms. The van der Waals surface area contributed by atoms with E-state index in [-0.39, 0.29) is 36.3 Å². The lowest BCUT2D eigenvalue weighted by molar-refractivity contribution is -0.144. The normalized spacial score (nSPS) is 15.3. The summed E-state index contributed by atoms with van der Waals surface area (Å²) in [6.07, 6.45) is -3.66. The van der Waals surface area contributed by atoms with Gasteiger partial charge in [-0.2, -0.15) is 33.4 Å². The number of anilines is 3. The van der Waals surface area contributed by atoms with Crippen molar-refractivity contribution in [3.63, 3.8) is 0 Å². The Kier molecular flexibility index (Phi) is 6.91. The third-order valence-electron chi connectivity index (χ3n) is 5.44. The van der Waals surface area contributed by atoms with Gasteiger partial charge in [0.05, 0.1) is 17.2 Å². The van der Waals surface area contributed by atoms with Gasteiger partial charge >= 0.3 is 6.18 Å². The van der Waals surface area contributed by atoms with Crippen molar-refractivity contribution < 1.29 is 22.0 Å². The van der Waals surface area contributed by atoms with Crippen LogP contribution in [0.4, 0.5) is 39.5 Å². The highest BCUT2D eigenvalue weighted by atomic mass is 19.4. The molecule has 3 aromatic rings. The van der Waals surface area contributed by atoms with Crippen LogP contribution in [0.1, 0.15) is 44.1 Å². The summed E-state index contributed by atoms with van der Waals surface area (Å²) in [7, 11) is 0. The Hall–Kier alpha value is -4.02. The fourth-order valence-corrected chi connectivity index (χ4v) is 3.35. The second-order valence-electron chi connectivity index (χ2n) is 8.33. The molecule has 0 radical (unpaired) electrons. The van der Waals surface area contributed by atoms with E-state index in [1.165, 1.54) is 12.3 Å². The van der Waals surface area contributed by atoms with Gasteiger partial charge in [0.1, 0.15) is 5.69 Å². The summed E-state index contributed by atoms with van der Waals surface area (Å²) in [5.74, 6) is -1.62. The SMILES string of the molecule is CC(CCC(F)F)Nc1nc(Nc2ccnc(C3(C#N)CC3)c2)nc(-c2ccnc(C(F)(F)F)n2)n1. The number of hydrogen-bond donors (Lipinski definition) is 2. The maximum absolute atomic E-state index is 13.1. The van der Waals surface area contributed by atoms with Crippen molar-refractivity contribution in [3.05, 3.63) is 42.1 Å². The fraction of sp³-hybridized carbons (Fsp3) is 0.409. The third kappa shape index (κ3) is 5.96. The quantitative estimate of drug-likeness (QED) is 0.391. The first kappa shape index (κ1) is 25.1. The molecule has 14 heteroatoms. The van der Waals surface area contributed by atoms with Crippen molar-refractivity contribution >= 4 is 17.6 Å². The van der Waals surface area contributed by atoms with Gasteiger partial charge < -0.3 is 10.6 Å². The molecule has 0 spiro atoms. The Labute approximate surface area is 202 Å². The molecule has 3 aromatic heterocycles. The highest BCUT2D eigenvalue weighted by molar-refractivity contribution is 5.59. The summed E-state index contributed by atoms with van der Waals surface area (Å²) in [6, 6.07) is 6.30. The van der Waals surface area contributed by atoms with Crippen molar-refractivity contribution in [1.29, 1.82) is 5.26 Å². The minimum atomic E-state index is -4.78. The smallest absolute Gasteiger partial charge is 0.352 e. The lowest BCUT2D eigenvalue weighted by Crippen LogP contribution is -2.19. The zero-order valence-corrected chi connectivity index (χ0v) is 18.9. The molecule has 9 nitrogen and oxygen atoms in total. The van der Waals surface area contributed by atoms with Crippen LogP contribution in [0.3, 0.4) is 0 Å². The van der Waals surface area contributed by atoms with E-state index in [0.717, 1.165) is 6.20 Å². The molecular weight excluding hydrogens is 485 g/mol. The Morgan fingerprint density at radius 1 is 1.03 bits per heavy atom. The van der Waals surface area contributed by atoms with Crippen LogP contribution in [0, 0.1) is 11.3 Å². The van der Waals surface area contributed by atoms with Crippen molar-refractivity contribution in [2.45, 2.75) is 56.7 Å². The van der Waals surface area contributed by atoms with Gasteiger partial charge in [-0.1, -0.05) is 0 Å². The number of rotatable bonds is 9. The molecule has 0 saturated heterocycles. The van der Waals surface area contributed by atoms with E-state index in [2.05, 4.69) is 46.6 Å². The Balaban J connectivity index is 1.67. The minimum Gasteiger partial charge on any atom is -0.352 e. The second kappa shape index (κ2) is 9.92. The van der Waals surface area contributed by atoms with Crippen LogP contribution < -0.4 is 10.6 Å². The predicted octanol–water partition coefficient (Wildman–Crippen LogP) is 4.89.